The van der Waals surface area contributed by atoms with E-state index in [2.05, 4.69) is 41.8 Å². The van der Waals surface area contributed by atoms with Gasteiger partial charge >= 0.3 is 0 Å². The van der Waals surface area contributed by atoms with Crippen LogP contribution in [0.2, 0.25) is 0 Å². The maximum Gasteiger partial charge on any atom is 0.253 e. The molecule has 1 aromatic carbocycles. The highest BCUT2D eigenvalue weighted by Gasteiger charge is 2.17. The molecule has 0 unspecified atom stereocenters. The molecule has 0 fully saturated rings. The van der Waals surface area contributed by atoms with Gasteiger partial charge in [0, 0.05) is 57.0 Å². The minimum atomic E-state index is 0. The van der Waals surface area contributed by atoms with E-state index < -0.39 is 0 Å². The average molecular weight is 529 g/mol. The van der Waals surface area contributed by atoms with Crippen molar-refractivity contribution in [3.8, 4) is 0 Å². The minimum absolute atomic E-state index is 0. The van der Waals surface area contributed by atoms with Crippen LogP contribution in [-0.4, -0.2) is 49.4 Å². The fourth-order valence-corrected chi connectivity index (χ4v) is 3.51. The lowest BCUT2D eigenvalue weighted by Gasteiger charge is -2.14. The Bertz CT molecular complexity index is 809. The number of guanidine groups is 1. The van der Waals surface area contributed by atoms with E-state index >= 15 is 0 Å². The van der Waals surface area contributed by atoms with Gasteiger partial charge < -0.3 is 15.5 Å². The molecule has 0 aliphatic carbocycles. The van der Waals surface area contributed by atoms with E-state index in [0.717, 1.165) is 35.2 Å². The van der Waals surface area contributed by atoms with Crippen molar-refractivity contribution in [2.45, 2.75) is 39.2 Å². The van der Waals surface area contributed by atoms with Crippen molar-refractivity contribution in [3.05, 3.63) is 51.5 Å². The third-order valence-corrected chi connectivity index (χ3v) is 5.15. The van der Waals surface area contributed by atoms with Crippen molar-refractivity contribution >= 4 is 47.2 Å². The molecule has 1 heterocycles. The Hall–Kier alpha value is -1.68. The van der Waals surface area contributed by atoms with E-state index in [0.29, 0.717) is 12.1 Å². The lowest BCUT2D eigenvalue weighted by Crippen LogP contribution is -2.37. The van der Waals surface area contributed by atoms with E-state index in [4.69, 9.17) is 4.98 Å². The lowest BCUT2D eigenvalue weighted by atomic mass is 9.93. The Morgan fingerprint density at radius 3 is 2.34 bits per heavy atom. The van der Waals surface area contributed by atoms with Crippen LogP contribution < -0.4 is 10.6 Å². The smallest absolute Gasteiger partial charge is 0.253 e. The van der Waals surface area contributed by atoms with Crippen LogP contribution >= 0.6 is 35.3 Å². The first kappa shape index (κ1) is 25.4. The Balaban J connectivity index is 0.00000420. The number of carbonyl (C=O) groups excluding carboxylic acids is 1. The predicted molar refractivity (Wildman–Crippen MR) is 133 cm³/mol. The van der Waals surface area contributed by atoms with Crippen molar-refractivity contribution in [1.82, 2.24) is 20.5 Å². The molecule has 2 aromatic rings. The summed E-state index contributed by atoms with van der Waals surface area (Å²) in [6.07, 6.45) is 0.864. The van der Waals surface area contributed by atoms with E-state index in [-0.39, 0.29) is 35.3 Å². The normalized spacial score (nSPS) is 11.6. The van der Waals surface area contributed by atoms with E-state index in [1.54, 1.807) is 37.4 Å². The quantitative estimate of drug-likeness (QED) is 0.341. The Morgan fingerprint density at radius 1 is 1.17 bits per heavy atom. The summed E-state index contributed by atoms with van der Waals surface area (Å²) < 4.78 is 0. The number of thiazole rings is 1. The average Bonchev–Trinajstić information content (AvgIpc) is 3.13. The number of amides is 1. The van der Waals surface area contributed by atoms with Gasteiger partial charge in [0.1, 0.15) is 0 Å². The molecular weight excluding hydrogens is 497 g/mol. The summed E-state index contributed by atoms with van der Waals surface area (Å²) in [5.74, 6) is 0.759. The Morgan fingerprint density at radius 2 is 1.83 bits per heavy atom. The van der Waals surface area contributed by atoms with Gasteiger partial charge in [-0.3, -0.25) is 9.79 Å². The van der Waals surface area contributed by atoms with Crippen LogP contribution in [0.3, 0.4) is 0 Å². The predicted octanol–water partition coefficient (Wildman–Crippen LogP) is 3.67. The molecule has 0 aliphatic rings. The fourth-order valence-electron chi connectivity index (χ4n) is 2.49. The molecule has 29 heavy (non-hydrogen) atoms. The SMILES string of the molecule is CN=C(NCCc1nc(C(C)(C)C)cs1)NCc1ccc(C(=O)N(C)C)cc1.I. The highest BCUT2D eigenvalue weighted by atomic mass is 127. The first-order chi connectivity index (χ1) is 13.2. The summed E-state index contributed by atoms with van der Waals surface area (Å²) in [7, 11) is 5.27. The molecule has 1 amide bonds. The number of hydrogen-bond acceptors (Lipinski definition) is 4. The van der Waals surface area contributed by atoms with Gasteiger partial charge in [0.05, 0.1) is 10.7 Å². The van der Waals surface area contributed by atoms with Crippen LogP contribution in [-0.2, 0) is 18.4 Å². The largest absolute Gasteiger partial charge is 0.356 e. The van der Waals surface area contributed by atoms with Gasteiger partial charge in [-0.2, -0.15) is 0 Å². The Labute approximate surface area is 195 Å². The van der Waals surface area contributed by atoms with Crippen LogP contribution in [0.1, 0.15) is 47.4 Å². The van der Waals surface area contributed by atoms with Crippen molar-refractivity contribution in [3.63, 3.8) is 0 Å². The molecule has 0 spiro atoms. The van der Waals surface area contributed by atoms with Crippen molar-refractivity contribution < 1.29 is 4.79 Å². The number of rotatable bonds is 6. The lowest BCUT2D eigenvalue weighted by molar-refractivity contribution is 0.0827. The van der Waals surface area contributed by atoms with Crippen LogP contribution in [0.15, 0.2) is 34.6 Å². The van der Waals surface area contributed by atoms with Gasteiger partial charge in [0.25, 0.3) is 5.91 Å². The fraction of sp³-hybridized carbons (Fsp3) is 0.476. The number of carbonyl (C=O) groups is 1. The summed E-state index contributed by atoms with van der Waals surface area (Å²) in [5.41, 5.74) is 3.01. The molecule has 8 heteroatoms. The second-order valence-electron chi connectivity index (χ2n) is 7.88. The molecule has 0 saturated heterocycles. The first-order valence-electron chi connectivity index (χ1n) is 9.40. The highest BCUT2D eigenvalue weighted by molar-refractivity contribution is 14.0. The monoisotopic (exact) mass is 529 g/mol. The van der Waals surface area contributed by atoms with Crippen molar-refractivity contribution in [2.24, 2.45) is 4.99 Å². The summed E-state index contributed by atoms with van der Waals surface area (Å²) in [6.45, 7) is 7.95. The van der Waals surface area contributed by atoms with E-state index in [1.165, 1.54) is 0 Å². The number of nitrogens with zero attached hydrogens (tertiary/aromatic N) is 3. The second kappa shape index (κ2) is 11.5. The zero-order valence-electron chi connectivity index (χ0n) is 18.1. The summed E-state index contributed by atoms with van der Waals surface area (Å²) in [5, 5.41) is 9.90. The maximum atomic E-state index is 11.9. The molecule has 1 aromatic heterocycles. The summed E-state index contributed by atoms with van der Waals surface area (Å²) in [6, 6.07) is 7.62. The number of hydrogen-bond donors (Lipinski definition) is 2. The maximum absolute atomic E-state index is 11.9. The molecule has 0 aliphatic heterocycles. The standard InChI is InChI=1S/C21H31N5OS.HI/c1-21(2,3)17-14-28-18(25-17)11-12-23-20(22-4)24-13-15-7-9-16(10-8-15)19(27)26(5)6;/h7-10,14H,11-13H2,1-6H3,(H2,22,23,24);1H. The van der Waals surface area contributed by atoms with Gasteiger partial charge in [0.15, 0.2) is 5.96 Å². The molecular formula is C21H32IN5OS. The molecule has 6 nitrogen and oxygen atoms in total. The number of nitrogens with one attached hydrogen (secondary N) is 2. The van der Waals surface area contributed by atoms with Crippen LogP contribution in [0.5, 0.6) is 0 Å². The molecule has 2 N–H and O–H groups in total. The molecule has 0 saturated carbocycles. The summed E-state index contributed by atoms with van der Waals surface area (Å²) in [4.78, 5) is 22.5. The minimum Gasteiger partial charge on any atom is -0.356 e. The van der Waals surface area contributed by atoms with Crippen LogP contribution in [0.25, 0.3) is 0 Å². The highest BCUT2D eigenvalue weighted by Crippen LogP contribution is 2.23. The molecule has 2 rings (SSSR count). The van der Waals surface area contributed by atoms with Crippen molar-refractivity contribution in [2.75, 3.05) is 27.7 Å². The topological polar surface area (TPSA) is 69.6 Å². The number of aromatic nitrogens is 1. The number of aliphatic imine (C=N–C) groups is 1. The summed E-state index contributed by atoms with van der Waals surface area (Å²) >= 11 is 1.71. The van der Waals surface area contributed by atoms with Gasteiger partial charge in [-0.1, -0.05) is 32.9 Å². The third kappa shape index (κ3) is 7.93. The molecule has 160 valence electrons. The van der Waals surface area contributed by atoms with E-state index in [9.17, 15) is 4.79 Å². The van der Waals surface area contributed by atoms with Gasteiger partial charge in [-0.25, -0.2) is 4.98 Å². The second-order valence-corrected chi connectivity index (χ2v) is 8.82. The molecule has 0 bridgehead atoms. The van der Waals surface area contributed by atoms with Gasteiger partial charge in [-0.05, 0) is 17.7 Å². The number of benzene rings is 1. The first-order valence-corrected chi connectivity index (χ1v) is 10.3. The van der Waals surface area contributed by atoms with Crippen molar-refractivity contribution in [1.29, 1.82) is 0 Å². The van der Waals surface area contributed by atoms with Crippen LogP contribution in [0.4, 0.5) is 0 Å². The zero-order valence-corrected chi connectivity index (χ0v) is 21.2. The molecule has 0 radical (unpaired) electrons. The third-order valence-electron chi connectivity index (χ3n) is 4.24. The Kier molecular flexibility index (Phi) is 10.0. The molecule has 0 atom stereocenters. The van der Waals surface area contributed by atoms with E-state index in [1.807, 2.05) is 24.3 Å². The zero-order chi connectivity index (χ0) is 20.7. The van der Waals surface area contributed by atoms with Gasteiger partial charge in [-0.15, -0.1) is 35.3 Å². The number of halogens is 1. The van der Waals surface area contributed by atoms with Gasteiger partial charge in [0.2, 0.25) is 0 Å². The van der Waals surface area contributed by atoms with Crippen LogP contribution in [0, 0.1) is 0 Å².